The van der Waals surface area contributed by atoms with Gasteiger partial charge in [0.15, 0.2) is 0 Å². The minimum atomic E-state index is -3.61. The summed E-state index contributed by atoms with van der Waals surface area (Å²) in [5, 5.41) is 2.90. The van der Waals surface area contributed by atoms with Crippen LogP contribution in [-0.4, -0.2) is 62.3 Å². The zero-order valence-corrected chi connectivity index (χ0v) is 14.9. The fourth-order valence-corrected chi connectivity index (χ4v) is 3.93. The highest BCUT2D eigenvalue weighted by molar-refractivity contribution is 7.89. The Labute approximate surface area is 142 Å². The molecule has 0 aromatic heterocycles. The van der Waals surface area contributed by atoms with Gasteiger partial charge in [0, 0.05) is 32.2 Å². The Morgan fingerprint density at radius 3 is 2.33 bits per heavy atom. The predicted molar refractivity (Wildman–Crippen MR) is 89.5 cm³/mol. The maximum Gasteiger partial charge on any atom is 0.243 e. The van der Waals surface area contributed by atoms with Crippen LogP contribution in [0, 0.1) is 5.82 Å². The molecule has 1 fully saturated rings. The zero-order chi connectivity index (χ0) is 17.7. The van der Waals surface area contributed by atoms with Crippen molar-refractivity contribution in [2.45, 2.75) is 31.2 Å². The molecule has 1 atom stereocenters. The molecule has 0 spiro atoms. The van der Waals surface area contributed by atoms with Crippen molar-refractivity contribution in [1.29, 1.82) is 0 Å². The van der Waals surface area contributed by atoms with Crippen LogP contribution < -0.4 is 5.32 Å². The summed E-state index contributed by atoms with van der Waals surface area (Å²) in [5.41, 5.74) is 0. The van der Waals surface area contributed by atoms with Crippen molar-refractivity contribution < 1.29 is 17.6 Å². The fourth-order valence-electron chi connectivity index (χ4n) is 2.51. The summed E-state index contributed by atoms with van der Waals surface area (Å²) in [6.45, 7) is 5.85. The van der Waals surface area contributed by atoms with Gasteiger partial charge in [-0.2, -0.15) is 4.31 Å². The first-order chi connectivity index (χ1) is 11.3. The molecule has 1 aromatic rings. The first kappa shape index (κ1) is 18.8. The number of rotatable bonds is 6. The molecule has 1 aromatic carbocycles. The first-order valence-corrected chi connectivity index (χ1v) is 9.54. The SMILES string of the molecule is CC[C@@H](C)NC(=O)CN1CCN(S(=O)(=O)c2ccc(F)cc2)CC1. The van der Waals surface area contributed by atoms with E-state index in [1.165, 1.54) is 16.4 Å². The second-order valence-electron chi connectivity index (χ2n) is 6.01. The monoisotopic (exact) mass is 357 g/mol. The van der Waals surface area contributed by atoms with Crippen molar-refractivity contribution >= 4 is 15.9 Å². The van der Waals surface area contributed by atoms with E-state index in [9.17, 15) is 17.6 Å². The molecule has 6 nitrogen and oxygen atoms in total. The van der Waals surface area contributed by atoms with E-state index in [2.05, 4.69) is 5.32 Å². The third kappa shape index (κ3) is 4.75. The lowest BCUT2D eigenvalue weighted by molar-refractivity contribution is -0.123. The van der Waals surface area contributed by atoms with E-state index in [4.69, 9.17) is 0 Å². The van der Waals surface area contributed by atoms with Gasteiger partial charge >= 0.3 is 0 Å². The smallest absolute Gasteiger partial charge is 0.243 e. The van der Waals surface area contributed by atoms with Crippen LogP contribution in [0.5, 0.6) is 0 Å². The number of piperazine rings is 1. The van der Waals surface area contributed by atoms with Gasteiger partial charge in [-0.25, -0.2) is 12.8 Å². The highest BCUT2D eigenvalue weighted by Gasteiger charge is 2.29. The van der Waals surface area contributed by atoms with Crippen molar-refractivity contribution in [3.05, 3.63) is 30.1 Å². The number of nitrogens with zero attached hydrogens (tertiary/aromatic N) is 2. The summed E-state index contributed by atoms with van der Waals surface area (Å²) in [4.78, 5) is 13.9. The second-order valence-corrected chi connectivity index (χ2v) is 7.95. The van der Waals surface area contributed by atoms with Gasteiger partial charge in [0.25, 0.3) is 0 Å². The predicted octanol–water partition coefficient (Wildman–Crippen LogP) is 1.05. The van der Waals surface area contributed by atoms with Gasteiger partial charge in [-0.1, -0.05) is 6.92 Å². The molecule has 1 aliphatic heterocycles. The largest absolute Gasteiger partial charge is 0.353 e. The van der Waals surface area contributed by atoms with Crippen LogP contribution in [0.25, 0.3) is 0 Å². The molecule has 1 amide bonds. The van der Waals surface area contributed by atoms with Crippen LogP contribution in [0.1, 0.15) is 20.3 Å². The van der Waals surface area contributed by atoms with E-state index >= 15 is 0 Å². The number of halogens is 1. The number of hydrogen-bond acceptors (Lipinski definition) is 4. The van der Waals surface area contributed by atoms with Gasteiger partial charge in [-0.3, -0.25) is 9.69 Å². The number of hydrogen-bond donors (Lipinski definition) is 1. The van der Waals surface area contributed by atoms with Gasteiger partial charge < -0.3 is 5.32 Å². The van der Waals surface area contributed by atoms with E-state index in [0.717, 1.165) is 18.6 Å². The number of carbonyl (C=O) groups is 1. The summed E-state index contributed by atoms with van der Waals surface area (Å²) >= 11 is 0. The van der Waals surface area contributed by atoms with Crippen LogP contribution in [0.4, 0.5) is 4.39 Å². The molecule has 8 heteroatoms. The Morgan fingerprint density at radius 1 is 1.21 bits per heavy atom. The van der Waals surface area contributed by atoms with Crippen LogP contribution in [-0.2, 0) is 14.8 Å². The number of sulfonamides is 1. The average Bonchev–Trinajstić information content (AvgIpc) is 2.55. The molecule has 1 N–H and O–H groups in total. The van der Waals surface area contributed by atoms with Gasteiger partial charge in [0.1, 0.15) is 5.82 Å². The first-order valence-electron chi connectivity index (χ1n) is 8.10. The number of nitrogens with one attached hydrogen (secondary N) is 1. The van der Waals surface area contributed by atoms with E-state index < -0.39 is 15.8 Å². The summed E-state index contributed by atoms with van der Waals surface area (Å²) in [6.07, 6.45) is 0.870. The summed E-state index contributed by atoms with van der Waals surface area (Å²) in [5.74, 6) is -0.509. The lowest BCUT2D eigenvalue weighted by atomic mass is 10.2. The molecule has 1 heterocycles. The van der Waals surface area contributed by atoms with Crippen molar-refractivity contribution in [2.75, 3.05) is 32.7 Å². The topological polar surface area (TPSA) is 69.7 Å². The molecule has 1 aliphatic rings. The minimum absolute atomic E-state index is 0.0424. The molecular formula is C16H24FN3O3S. The Hall–Kier alpha value is -1.51. The molecule has 2 rings (SSSR count). The molecule has 134 valence electrons. The maximum atomic E-state index is 13.0. The van der Waals surface area contributed by atoms with E-state index in [-0.39, 0.29) is 23.4 Å². The third-order valence-electron chi connectivity index (χ3n) is 4.17. The standard InChI is InChI=1S/C16H24FN3O3S/c1-3-13(2)18-16(21)12-19-8-10-20(11-9-19)24(22,23)15-6-4-14(17)5-7-15/h4-7,13H,3,8-12H2,1-2H3,(H,18,21)/t13-/m1/s1. The molecular weight excluding hydrogens is 333 g/mol. The normalized spacial score (nSPS) is 18.3. The zero-order valence-electron chi connectivity index (χ0n) is 14.0. The molecule has 0 radical (unpaired) electrons. The van der Waals surface area contributed by atoms with E-state index in [0.29, 0.717) is 26.2 Å². The molecule has 0 aliphatic carbocycles. The Balaban J connectivity index is 1.90. The van der Waals surface area contributed by atoms with Gasteiger partial charge in [-0.05, 0) is 37.6 Å². The molecule has 1 saturated heterocycles. The molecule has 0 saturated carbocycles. The maximum absolute atomic E-state index is 13.0. The van der Waals surface area contributed by atoms with E-state index in [1.54, 1.807) is 0 Å². The highest BCUT2D eigenvalue weighted by Crippen LogP contribution is 2.17. The second kappa shape index (κ2) is 8.04. The number of carbonyl (C=O) groups excluding carboxylic acids is 1. The molecule has 0 bridgehead atoms. The van der Waals surface area contributed by atoms with E-state index in [1.807, 2.05) is 18.7 Å². The fraction of sp³-hybridized carbons (Fsp3) is 0.562. The van der Waals surface area contributed by atoms with Gasteiger partial charge in [0.05, 0.1) is 11.4 Å². The lowest BCUT2D eigenvalue weighted by Crippen LogP contribution is -2.51. The van der Waals surface area contributed by atoms with Crippen LogP contribution >= 0.6 is 0 Å². The summed E-state index contributed by atoms with van der Waals surface area (Å²) in [6, 6.07) is 4.97. The number of amides is 1. The van der Waals surface area contributed by atoms with Crippen LogP contribution in [0.2, 0.25) is 0 Å². The summed E-state index contributed by atoms with van der Waals surface area (Å²) < 4.78 is 39.4. The highest BCUT2D eigenvalue weighted by atomic mass is 32.2. The minimum Gasteiger partial charge on any atom is -0.353 e. The van der Waals surface area contributed by atoms with Gasteiger partial charge in [-0.15, -0.1) is 0 Å². The lowest BCUT2D eigenvalue weighted by Gasteiger charge is -2.33. The number of benzene rings is 1. The van der Waals surface area contributed by atoms with Crippen molar-refractivity contribution in [1.82, 2.24) is 14.5 Å². The quantitative estimate of drug-likeness (QED) is 0.826. The Bertz CT molecular complexity index is 656. The van der Waals surface area contributed by atoms with Crippen molar-refractivity contribution in [3.63, 3.8) is 0 Å². The third-order valence-corrected chi connectivity index (χ3v) is 6.08. The Kier molecular flexibility index (Phi) is 6.31. The van der Waals surface area contributed by atoms with Crippen LogP contribution in [0.3, 0.4) is 0 Å². The average molecular weight is 357 g/mol. The van der Waals surface area contributed by atoms with Crippen LogP contribution in [0.15, 0.2) is 29.2 Å². The summed E-state index contributed by atoms with van der Waals surface area (Å²) in [7, 11) is -3.61. The molecule has 24 heavy (non-hydrogen) atoms. The van der Waals surface area contributed by atoms with Crippen molar-refractivity contribution in [2.24, 2.45) is 0 Å². The molecule has 0 unspecified atom stereocenters. The van der Waals surface area contributed by atoms with Gasteiger partial charge in [0.2, 0.25) is 15.9 Å². The van der Waals surface area contributed by atoms with Crippen molar-refractivity contribution in [3.8, 4) is 0 Å². The Morgan fingerprint density at radius 2 is 1.79 bits per heavy atom.